The second-order valence-electron chi connectivity index (χ2n) is 6.49. The number of nitrogens with one attached hydrogen (secondary N) is 1. The molecule has 0 radical (unpaired) electrons. The van der Waals surface area contributed by atoms with Crippen molar-refractivity contribution in [3.8, 4) is 17.2 Å². The Balaban J connectivity index is 1.91. The van der Waals surface area contributed by atoms with Crippen molar-refractivity contribution in [1.29, 1.82) is 0 Å². The van der Waals surface area contributed by atoms with Crippen LogP contribution in [-0.4, -0.2) is 25.6 Å². The predicted octanol–water partition coefficient (Wildman–Crippen LogP) is 5.36. The van der Waals surface area contributed by atoms with E-state index in [1.165, 1.54) is 4.90 Å². The van der Waals surface area contributed by atoms with E-state index in [1.807, 2.05) is 12.1 Å². The van der Waals surface area contributed by atoms with Crippen LogP contribution >= 0.6 is 23.2 Å². The number of carbonyl (C=O) groups excluding carboxylic acids is 2. The minimum absolute atomic E-state index is 0.0809. The fourth-order valence-electron chi connectivity index (χ4n) is 2.95. The lowest BCUT2D eigenvalue weighted by molar-refractivity contribution is -0.117. The van der Waals surface area contributed by atoms with Gasteiger partial charge in [-0.3, -0.25) is 15.0 Å². The van der Waals surface area contributed by atoms with E-state index in [4.69, 9.17) is 32.7 Å². The normalized spacial score (nSPS) is 14.8. The Hall–Kier alpha value is -2.44. The fraction of sp³-hybridized carbons (Fsp3) is 0.300. The van der Waals surface area contributed by atoms with Crippen LogP contribution in [0.4, 0.5) is 10.5 Å². The zero-order valence-corrected chi connectivity index (χ0v) is 17.2. The molecule has 3 amide bonds. The molecule has 0 aliphatic carbocycles. The lowest BCUT2D eigenvalue weighted by Crippen LogP contribution is -2.27. The summed E-state index contributed by atoms with van der Waals surface area (Å²) in [6, 6.07) is 8.09. The number of carbonyl (C=O) groups is 2. The summed E-state index contributed by atoms with van der Waals surface area (Å²) in [6.45, 7) is 4.13. The van der Waals surface area contributed by atoms with Crippen LogP contribution in [0.1, 0.15) is 31.7 Å². The van der Waals surface area contributed by atoms with Crippen molar-refractivity contribution < 1.29 is 19.1 Å². The van der Waals surface area contributed by atoms with Crippen molar-refractivity contribution in [3.63, 3.8) is 0 Å². The number of hydrogen-bond acceptors (Lipinski definition) is 4. The molecule has 0 aromatic heterocycles. The van der Waals surface area contributed by atoms with Crippen molar-refractivity contribution in [1.82, 2.24) is 5.32 Å². The number of amides is 3. The molecule has 3 rings (SSSR count). The highest BCUT2D eigenvalue weighted by atomic mass is 35.5. The molecule has 1 aliphatic heterocycles. The Kier molecular flexibility index (Phi) is 6.01. The van der Waals surface area contributed by atoms with E-state index >= 15 is 0 Å². The lowest BCUT2D eigenvalue weighted by Gasteiger charge is -2.18. The van der Waals surface area contributed by atoms with Crippen molar-refractivity contribution in [2.75, 3.05) is 18.6 Å². The maximum atomic E-state index is 11.8. The van der Waals surface area contributed by atoms with E-state index in [1.54, 1.807) is 25.3 Å². The van der Waals surface area contributed by atoms with Crippen LogP contribution in [0, 0.1) is 0 Å². The number of hydrogen-bond donors (Lipinski definition) is 1. The molecule has 1 N–H and O–H groups in total. The summed E-state index contributed by atoms with van der Waals surface area (Å²) in [5.74, 6) is 1.55. The molecule has 1 unspecified atom stereocenters. The summed E-state index contributed by atoms with van der Waals surface area (Å²) in [4.78, 5) is 24.5. The molecule has 0 bridgehead atoms. The SMILES string of the molecule is CCC(C)c1cc(Oc2c(Cl)cc(N3CC(=O)NC3=O)cc2Cl)ccc1OC. The van der Waals surface area contributed by atoms with Gasteiger partial charge in [0.25, 0.3) is 0 Å². The molecule has 0 spiro atoms. The number of imide groups is 1. The minimum atomic E-state index is -0.515. The van der Waals surface area contributed by atoms with Gasteiger partial charge in [-0.2, -0.15) is 0 Å². The number of halogens is 2. The lowest BCUT2D eigenvalue weighted by atomic mass is 9.97. The maximum Gasteiger partial charge on any atom is 0.329 e. The highest BCUT2D eigenvalue weighted by Gasteiger charge is 2.29. The molecule has 8 heteroatoms. The number of anilines is 1. The Morgan fingerprint density at radius 3 is 2.39 bits per heavy atom. The number of benzene rings is 2. The van der Waals surface area contributed by atoms with E-state index in [9.17, 15) is 9.59 Å². The van der Waals surface area contributed by atoms with Gasteiger partial charge < -0.3 is 9.47 Å². The Morgan fingerprint density at radius 1 is 1.18 bits per heavy atom. The Bertz CT molecular complexity index is 909. The first kappa shape index (κ1) is 20.3. The molecule has 1 atom stereocenters. The molecule has 6 nitrogen and oxygen atoms in total. The van der Waals surface area contributed by atoms with Gasteiger partial charge in [0.1, 0.15) is 18.0 Å². The summed E-state index contributed by atoms with van der Waals surface area (Å²) in [5, 5.41) is 2.67. The topological polar surface area (TPSA) is 67.9 Å². The highest BCUT2D eigenvalue weighted by Crippen LogP contribution is 2.41. The average Bonchev–Trinajstić information content (AvgIpc) is 3.01. The summed E-state index contributed by atoms with van der Waals surface area (Å²) in [7, 11) is 1.63. The van der Waals surface area contributed by atoms with Crippen LogP contribution in [0.2, 0.25) is 10.0 Å². The molecule has 0 saturated carbocycles. The Morgan fingerprint density at radius 2 is 1.86 bits per heavy atom. The molecule has 1 heterocycles. The molecule has 1 fully saturated rings. The van der Waals surface area contributed by atoms with Crippen LogP contribution in [0.15, 0.2) is 30.3 Å². The third-order valence-electron chi connectivity index (χ3n) is 4.65. The van der Waals surface area contributed by atoms with Crippen LogP contribution < -0.4 is 19.7 Å². The standard InChI is InChI=1S/C20H20Cl2N2O4/c1-4-11(2)14-9-13(5-6-17(14)27-3)28-19-15(21)7-12(8-16(19)22)24-10-18(25)23-20(24)26/h5-9,11H,4,10H2,1-3H3,(H,23,25,26). The third kappa shape index (κ3) is 4.03. The zero-order chi connectivity index (χ0) is 20.4. The number of ether oxygens (including phenoxy) is 2. The first-order valence-electron chi connectivity index (χ1n) is 8.80. The first-order valence-corrected chi connectivity index (χ1v) is 9.55. The van der Waals surface area contributed by atoms with Crippen LogP contribution in [0.3, 0.4) is 0 Å². The first-order chi connectivity index (χ1) is 13.3. The number of methoxy groups -OCH3 is 1. The van der Waals surface area contributed by atoms with Gasteiger partial charge in [-0.15, -0.1) is 0 Å². The molecular weight excluding hydrogens is 403 g/mol. The average molecular weight is 423 g/mol. The number of rotatable bonds is 6. The summed E-state index contributed by atoms with van der Waals surface area (Å²) in [5.41, 5.74) is 1.44. The smallest absolute Gasteiger partial charge is 0.329 e. The second-order valence-corrected chi connectivity index (χ2v) is 7.31. The van der Waals surface area contributed by atoms with Gasteiger partial charge in [0.15, 0.2) is 5.75 Å². The van der Waals surface area contributed by atoms with Gasteiger partial charge in [-0.25, -0.2) is 4.79 Å². The van der Waals surface area contributed by atoms with Gasteiger partial charge in [0.2, 0.25) is 5.91 Å². The van der Waals surface area contributed by atoms with Crippen molar-refractivity contribution >= 4 is 40.8 Å². The van der Waals surface area contributed by atoms with Crippen molar-refractivity contribution in [2.24, 2.45) is 0 Å². The van der Waals surface area contributed by atoms with Crippen LogP contribution in [0.25, 0.3) is 0 Å². The van der Waals surface area contributed by atoms with Gasteiger partial charge in [0.05, 0.1) is 17.2 Å². The second kappa shape index (κ2) is 8.29. The van der Waals surface area contributed by atoms with E-state index in [0.29, 0.717) is 11.4 Å². The number of urea groups is 1. The maximum absolute atomic E-state index is 11.8. The van der Waals surface area contributed by atoms with Gasteiger partial charge in [-0.05, 0) is 42.7 Å². The van der Waals surface area contributed by atoms with E-state index < -0.39 is 6.03 Å². The highest BCUT2D eigenvalue weighted by molar-refractivity contribution is 6.37. The van der Waals surface area contributed by atoms with Crippen molar-refractivity contribution in [2.45, 2.75) is 26.2 Å². The molecule has 1 saturated heterocycles. The van der Waals surface area contributed by atoms with Gasteiger partial charge >= 0.3 is 6.03 Å². The van der Waals surface area contributed by atoms with Crippen molar-refractivity contribution in [3.05, 3.63) is 45.9 Å². The van der Waals surface area contributed by atoms with E-state index in [2.05, 4.69) is 19.2 Å². The monoisotopic (exact) mass is 422 g/mol. The predicted molar refractivity (Wildman–Crippen MR) is 109 cm³/mol. The largest absolute Gasteiger partial charge is 0.496 e. The van der Waals surface area contributed by atoms with Gasteiger partial charge in [0, 0.05) is 11.3 Å². The minimum Gasteiger partial charge on any atom is -0.496 e. The molecule has 148 valence electrons. The van der Waals surface area contributed by atoms with Gasteiger partial charge in [-0.1, -0.05) is 37.0 Å². The number of nitrogens with zero attached hydrogens (tertiary/aromatic N) is 1. The zero-order valence-electron chi connectivity index (χ0n) is 15.7. The van der Waals surface area contributed by atoms with Crippen LogP contribution in [-0.2, 0) is 4.79 Å². The molecular formula is C20H20Cl2N2O4. The van der Waals surface area contributed by atoms with Crippen LogP contribution in [0.5, 0.6) is 17.2 Å². The molecule has 1 aliphatic rings. The fourth-order valence-corrected chi connectivity index (χ4v) is 3.50. The summed E-state index contributed by atoms with van der Waals surface area (Å²) in [6.07, 6.45) is 0.951. The quantitative estimate of drug-likeness (QED) is 0.635. The summed E-state index contributed by atoms with van der Waals surface area (Å²) >= 11 is 12.7. The summed E-state index contributed by atoms with van der Waals surface area (Å²) < 4.78 is 11.4. The third-order valence-corrected chi connectivity index (χ3v) is 5.21. The molecule has 2 aromatic rings. The molecule has 2 aromatic carbocycles. The molecule has 28 heavy (non-hydrogen) atoms. The van der Waals surface area contributed by atoms with E-state index in [-0.39, 0.29) is 34.2 Å². The Labute approximate surface area is 173 Å². The van der Waals surface area contributed by atoms with E-state index in [0.717, 1.165) is 17.7 Å².